The molecule has 0 bridgehead atoms. The summed E-state index contributed by atoms with van der Waals surface area (Å²) in [5.41, 5.74) is 12.2. The van der Waals surface area contributed by atoms with Gasteiger partial charge in [0.1, 0.15) is 11.2 Å². The maximum absolute atomic E-state index is 6.15. The van der Waals surface area contributed by atoms with Crippen molar-refractivity contribution in [3.63, 3.8) is 0 Å². The summed E-state index contributed by atoms with van der Waals surface area (Å²) < 4.78 is 6.15. The number of furan rings is 1. The molecular weight excluding hydrogens is 679 g/mol. The van der Waals surface area contributed by atoms with Crippen molar-refractivity contribution in [3.05, 3.63) is 212 Å². The Kier molecular flexibility index (Phi) is 7.53. The van der Waals surface area contributed by atoms with Crippen LogP contribution in [0.1, 0.15) is 0 Å². The van der Waals surface area contributed by atoms with Crippen LogP contribution in [0.25, 0.3) is 87.6 Å². The van der Waals surface area contributed by atoms with Crippen molar-refractivity contribution >= 4 is 71.3 Å². The number of para-hydroxylation sites is 2. The minimum absolute atomic E-state index is 0.905. The smallest absolute Gasteiger partial charge is 0.135 e. The van der Waals surface area contributed by atoms with Crippen molar-refractivity contribution in [2.75, 3.05) is 4.90 Å². The van der Waals surface area contributed by atoms with E-state index < -0.39 is 0 Å². The molecule has 0 radical (unpaired) electrons. The number of anilines is 3. The van der Waals surface area contributed by atoms with E-state index in [4.69, 9.17) is 4.42 Å². The van der Waals surface area contributed by atoms with Gasteiger partial charge in [0, 0.05) is 27.4 Å². The summed E-state index contributed by atoms with van der Waals surface area (Å²) in [7, 11) is 0. The molecule has 0 N–H and O–H groups in total. The molecule has 0 saturated carbocycles. The SMILES string of the molecule is c1cc(-c2ccccc2N(c2ccc(-c3ccc4oc5ccccc5c4c3)cc2)c2cc3ccccc3c3ccccc23)cc(-c2cccc3ccccc23)c1. The summed E-state index contributed by atoms with van der Waals surface area (Å²) in [5, 5.41) is 9.66. The van der Waals surface area contributed by atoms with Crippen LogP contribution >= 0.6 is 0 Å². The zero-order chi connectivity index (χ0) is 37.0. The lowest BCUT2D eigenvalue weighted by atomic mass is 9.94. The van der Waals surface area contributed by atoms with E-state index in [0.29, 0.717) is 0 Å². The number of rotatable bonds is 6. The topological polar surface area (TPSA) is 16.4 Å². The lowest BCUT2D eigenvalue weighted by molar-refractivity contribution is 0.669. The highest BCUT2D eigenvalue weighted by Gasteiger charge is 2.21. The lowest BCUT2D eigenvalue weighted by Crippen LogP contribution is -2.12. The molecule has 0 fully saturated rings. The van der Waals surface area contributed by atoms with Crippen LogP contribution in [-0.4, -0.2) is 0 Å². The van der Waals surface area contributed by atoms with E-state index in [1.165, 1.54) is 49.0 Å². The molecule has 0 unspecified atom stereocenters. The van der Waals surface area contributed by atoms with Gasteiger partial charge in [-0.2, -0.15) is 0 Å². The predicted octanol–water partition coefficient (Wildman–Crippen LogP) is 15.5. The Morgan fingerprint density at radius 2 is 0.875 bits per heavy atom. The Bertz CT molecular complexity index is 3260. The van der Waals surface area contributed by atoms with Crippen LogP contribution in [0.5, 0.6) is 0 Å². The van der Waals surface area contributed by atoms with Gasteiger partial charge in [0.15, 0.2) is 0 Å². The molecule has 11 aromatic rings. The number of hydrogen-bond donors (Lipinski definition) is 0. The Morgan fingerprint density at radius 3 is 1.73 bits per heavy atom. The van der Waals surface area contributed by atoms with Gasteiger partial charge in [0.2, 0.25) is 0 Å². The number of nitrogens with zero attached hydrogens (tertiary/aromatic N) is 1. The average Bonchev–Trinajstić information content (AvgIpc) is 3.65. The number of benzene rings is 10. The first-order chi connectivity index (χ1) is 27.8. The molecule has 0 aliphatic carbocycles. The van der Waals surface area contributed by atoms with Crippen LogP contribution < -0.4 is 4.90 Å². The highest BCUT2D eigenvalue weighted by Crippen LogP contribution is 2.46. The Labute approximate surface area is 325 Å². The van der Waals surface area contributed by atoms with Gasteiger partial charge < -0.3 is 9.32 Å². The molecule has 1 heterocycles. The Balaban J connectivity index is 1.10. The molecular formula is C54H35NO. The fraction of sp³-hybridized carbons (Fsp3) is 0. The van der Waals surface area contributed by atoms with Crippen molar-refractivity contribution in [1.82, 2.24) is 0 Å². The summed E-state index contributed by atoms with van der Waals surface area (Å²) in [6.07, 6.45) is 0. The third kappa shape index (κ3) is 5.34. The highest BCUT2D eigenvalue weighted by molar-refractivity contribution is 6.15. The van der Waals surface area contributed by atoms with E-state index >= 15 is 0 Å². The molecule has 0 aliphatic heterocycles. The van der Waals surface area contributed by atoms with Crippen LogP contribution in [0, 0.1) is 0 Å². The largest absolute Gasteiger partial charge is 0.456 e. The van der Waals surface area contributed by atoms with Gasteiger partial charge in [-0.05, 0) is 103 Å². The fourth-order valence-electron chi connectivity index (χ4n) is 8.58. The van der Waals surface area contributed by atoms with Gasteiger partial charge in [0.25, 0.3) is 0 Å². The molecule has 0 saturated heterocycles. The van der Waals surface area contributed by atoms with Gasteiger partial charge >= 0.3 is 0 Å². The van der Waals surface area contributed by atoms with Crippen LogP contribution in [0.3, 0.4) is 0 Å². The van der Waals surface area contributed by atoms with Crippen molar-refractivity contribution in [2.24, 2.45) is 0 Å². The van der Waals surface area contributed by atoms with Crippen molar-refractivity contribution in [1.29, 1.82) is 0 Å². The van der Waals surface area contributed by atoms with Crippen molar-refractivity contribution < 1.29 is 4.42 Å². The maximum Gasteiger partial charge on any atom is 0.135 e. The van der Waals surface area contributed by atoms with Gasteiger partial charge in [-0.1, -0.05) is 164 Å². The Morgan fingerprint density at radius 1 is 0.286 bits per heavy atom. The van der Waals surface area contributed by atoms with Crippen LogP contribution in [0.15, 0.2) is 217 Å². The molecule has 10 aromatic carbocycles. The summed E-state index contributed by atoms with van der Waals surface area (Å²) in [4.78, 5) is 2.45. The van der Waals surface area contributed by atoms with E-state index in [0.717, 1.165) is 55.7 Å². The third-order valence-electron chi connectivity index (χ3n) is 11.2. The predicted molar refractivity (Wildman–Crippen MR) is 237 cm³/mol. The minimum Gasteiger partial charge on any atom is -0.456 e. The first-order valence-electron chi connectivity index (χ1n) is 19.2. The van der Waals surface area contributed by atoms with E-state index in [-0.39, 0.29) is 0 Å². The van der Waals surface area contributed by atoms with E-state index in [9.17, 15) is 0 Å². The van der Waals surface area contributed by atoms with Crippen LogP contribution in [0.4, 0.5) is 17.1 Å². The second-order valence-corrected chi connectivity index (χ2v) is 14.5. The van der Waals surface area contributed by atoms with E-state index in [1.54, 1.807) is 0 Å². The molecule has 2 nitrogen and oxygen atoms in total. The molecule has 0 aliphatic rings. The summed E-state index contributed by atoms with van der Waals surface area (Å²) in [6.45, 7) is 0. The minimum atomic E-state index is 0.905. The second kappa shape index (κ2) is 13.2. The fourth-order valence-corrected chi connectivity index (χ4v) is 8.58. The zero-order valence-corrected chi connectivity index (χ0v) is 30.6. The molecule has 0 spiro atoms. The summed E-state index contributed by atoms with van der Waals surface area (Å²) >= 11 is 0. The van der Waals surface area contributed by atoms with E-state index in [1.807, 2.05) is 12.1 Å². The van der Waals surface area contributed by atoms with Crippen molar-refractivity contribution in [2.45, 2.75) is 0 Å². The molecule has 1 aromatic heterocycles. The second-order valence-electron chi connectivity index (χ2n) is 14.5. The average molecular weight is 714 g/mol. The highest BCUT2D eigenvalue weighted by atomic mass is 16.3. The van der Waals surface area contributed by atoms with Gasteiger partial charge in [-0.3, -0.25) is 0 Å². The molecule has 262 valence electrons. The molecule has 56 heavy (non-hydrogen) atoms. The maximum atomic E-state index is 6.15. The Hall–Kier alpha value is -7.42. The molecule has 11 rings (SSSR count). The third-order valence-corrected chi connectivity index (χ3v) is 11.2. The van der Waals surface area contributed by atoms with Crippen LogP contribution in [-0.2, 0) is 0 Å². The van der Waals surface area contributed by atoms with E-state index in [2.05, 4.69) is 205 Å². The number of hydrogen-bond acceptors (Lipinski definition) is 2. The first-order valence-corrected chi connectivity index (χ1v) is 19.2. The number of fused-ring (bicyclic) bond motifs is 7. The quantitative estimate of drug-likeness (QED) is 0.160. The summed E-state index contributed by atoms with van der Waals surface area (Å²) in [6, 6.07) is 76.7. The summed E-state index contributed by atoms with van der Waals surface area (Å²) in [5.74, 6) is 0. The van der Waals surface area contributed by atoms with Gasteiger partial charge in [0.05, 0.1) is 11.4 Å². The van der Waals surface area contributed by atoms with Gasteiger partial charge in [-0.25, -0.2) is 0 Å². The first kappa shape index (κ1) is 32.0. The van der Waals surface area contributed by atoms with Crippen molar-refractivity contribution in [3.8, 4) is 33.4 Å². The molecule has 0 amide bonds. The standard InChI is InChI=1S/C54H35NO/c1-3-18-43-37(13-1)15-12-24-44(43)39-16-11-17-40(33-39)46-20-7-9-25-51(46)55(52-35-41-14-2-4-19-45(41)47-21-5-6-22-48(47)52)42-30-27-36(28-31-42)38-29-32-54-50(34-38)49-23-8-10-26-53(49)56-54/h1-35H. The molecule has 2 heteroatoms. The monoisotopic (exact) mass is 713 g/mol. The van der Waals surface area contributed by atoms with Gasteiger partial charge in [-0.15, -0.1) is 0 Å². The van der Waals surface area contributed by atoms with Crippen LogP contribution in [0.2, 0.25) is 0 Å². The zero-order valence-electron chi connectivity index (χ0n) is 30.6. The normalized spacial score (nSPS) is 11.6. The lowest BCUT2D eigenvalue weighted by Gasteiger charge is -2.30. The molecule has 0 atom stereocenters.